The number of carbonyl (C=O) groups excluding carboxylic acids is 1. The van der Waals surface area contributed by atoms with Crippen LogP contribution in [0.15, 0.2) is 5.11 Å². The summed E-state index contributed by atoms with van der Waals surface area (Å²) in [5, 5.41) is 3.30. The van der Waals surface area contributed by atoms with Gasteiger partial charge in [-0.05, 0) is 5.53 Å². The number of carbonyl (C=O) groups is 1. The minimum absolute atomic E-state index is 0.215. The summed E-state index contributed by atoms with van der Waals surface area (Å²) in [4.78, 5) is 14.7. The Labute approximate surface area is 63.4 Å². The van der Waals surface area contributed by atoms with E-state index in [9.17, 15) is 4.79 Å². The third-order valence-electron chi connectivity index (χ3n) is 1.41. The summed E-state index contributed by atoms with van der Waals surface area (Å²) in [5.74, 6) is 0. The minimum Gasteiger partial charge on any atom is -0.444 e. The summed E-state index contributed by atoms with van der Waals surface area (Å²) in [5.41, 5.74) is 7.96. The van der Waals surface area contributed by atoms with Gasteiger partial charge >= 0.3 is 6.09 Å². The highest BCUT2D eigenvalue weighted by molar-refractivity contribution is 5.69. The molecule has 1 heterocycles. The molecule has 1 unspecified atom stereocenters. The molecule has 1 fully saturated rings. The van der Waals surface area contributed by atoms with Crippen molar-refractivity contribution in [2.45, 2.75) is 6.10 Å². The van der Waals surface area contributed by atoms with Crippen LogP contribution >= 0.6 is 0 Å². The maximum atomic E-state index is 10.7. The van der Waals surface area contributed by atoms with Crippen molar-refractivity contribution in [3.05, 3.63) is 10.4 Å². The molecule has 1 amide bonds. The smallest absolute Gasteiger partial charge is 0.409 e. The van der Waals surface area contributed by atoms with E-state index in [-0.39, 0.29) is 18.7 Å². The molecule has 0 N–H and O–H groups in total. The molecule has 1 rings (SSSR count). The lowest BCUT2D eigenvalue weighted by molar-refractivity contribution is 0.137. The van der Waals surface area contributed by atoms with Crippen LogP contribution in [-0.2, 0) is 4.74 Å². The van der Waals surface area contributed by atoms with E-state index in [1.807, 2.05) is 0 Å². The Kier molecular flexibility index (Phi) is 2.18. The highest BCUT2D eigenvalue weighted by atomic mass is 16.6. The molecule has 6 nitrogen and oxygen atoms in total. The minimum atomic E-state index is -0.358. The lowest BCUT2D eigenvalue weighted by atomic mass is 10.4. The predicted octanol–water partition coefficient (Wildman–Crippen LogP) is 0.747. The van der Waals surface area contributed by atoms with Crippen LogP contribution < -0.4 is 0 Å². The maximum absolute atomic E-state index is 10.7. The number of rotatable bonds is 2. The van der Waals surface area contributed by atoms with Gasteiger partial charge in [0.05, 0.1) is 13.1 Å². The van der Waals surface area contributed by atoms with Crippen LogP contribution in [0.1, 0.15) is 0 Å². The van der Waals surface area contributed by atoms with E-state index in [1.165, 1.54) is 4.90 Å². The molecule has 0 aromatic rings. The van der Waals surface area contributed by atoms with Crippen LogP contribution in [0, 0.1) is 0 Å². The van der Waals surface area contributed by atoms with Crippen LogP contribution in [0.5, 0.6) is 0 Å². The number of amides is 1. The largest absolute Gasteiger partial charge is 0.444 e. The number of azide groups is 1. The summed E-state index contributed by atoms with van der Waals surface area (Å²) in [6.45, 7) is 0.713. The number of cyclic esters (lactones) is 1. The van der Waals surface area contributed by atoms with Crippen LogP contribution in [0.3, 0.4) is 0 Å². The zero-order valence-corrected chi connectivity index (χ0v) is 6.10. The first-order valence-electron chi connectivity index (χ1n) is 3.16. The highest BCUT2D eigenvalue weighted by Gasteiger charge is 2.27. The third kappa shape index (κ3) is 1.75. The van der Waals surface area contributed by atoms with Crippen LogP contribution in [0.2, 0.25) is 0 Å². The summed E-state index contributed by atoms with van der Waals surface area (Å²) < 4.78 is 4.80. The molecule has 60 valence electrons. The van der Waals surface area contributed by atoms with Crippen molar-refractivity contribution < 1.29 is 9.53 Å². The standard InChI is InChI=1S/C5H8N4O2/c1-9-3-4(2-7-8-6)11-5(9)10/h4H,2-3H2,1H3. The van der Waals surface area contributed by atoms with Gasteiger partial charge < -0.3 is 9.64 Å². The summed E-state index contributed by atoms with van der Waals surface area (Å²) in [6, 6.07) is 0. The second kappa shape index (κ2) is 3.12. The van der Waals surface area contributed by atoms with Crippen molar-refractivity contribution in [2.75, 3.05) is 20.1 Å². The van der Waals surface area contributed by atoms with E-state index < -0.39 is 0 Å². The first-order chi connectivity index (χ1) is 5.24. The molecule has 11 heavy (non-hydrogen) atoms. The topological polar surface area (TPSA) is 78.3 Å². The van der Waals surface area contributed by atoms with E-state index in [0.29, 0.717) is 6.54 Å². The monoisotopic (exact) mass is 156 g/mol. The Morgan fingerprint density at radius 3 is 3.18 bits per heavy atom. The molecule has 6 heteroatoms. The zero-order chi connectivity index (χ0) is 8.27. The molecule has 0 aliphatic carbocycles. The lowest BCUT2D eigenvalue weighted by Gasteiger charge is -2.01. The molecule has 0 spiro atoms. The Morgan fingerprint density at radius 2 is 2.73 bits per heavy atom. The molecule has 1 saturated heterocycles. The van der Waals surface area contributed by atoms with Gasteiger partial charge in [-0.15, -0.1) is 0 Å². The first-order valence-corrected chi connectivity index (χ1v) is 3.16. The zero-order valence-electron chi connectivity index (χ0n) is 6.10. The van der Waals surface area contributed by atoms with Gasteiger partial charge in [0.1, 0.15) is 6.10 Å². The fourth-order valence-corrected chi connectivity index (χ4v) is 0.872. The predicted molar refractivity (Wildman–Crippen MR) is 36.9 cm³/mol. The van der Waals surface area contributed by atoms with Gasteiger partial charge in [-0.3, -0.25) is 0 Å². The maximum Gasteiger partial charge on any atom is 0.409 e. The Hall–Kier alpha value is -1.42. The van der Waals surface area contributed by atoms with Gasteiger partial charge in [-0.25, -0.2) is 4.79 Å². The average molecular weight is 156 g/mol. The number of ether oxygens (including phenoxy) is 1. The Bertz CT molecular complexity index is 209. The van der Waals surface area contributed by atoms with E-state index in [4.69, 9.17) is 10.3 Å². The molecule has 0 bridgehead atoms. The van der Waals surface area contributed by atoms with Crippen molar-refractivity contribution in [1.82, 2.24) is 4.90 Å². The quantitative estimate of drug-likeness (QED) is 0.336. The number of hydrogen-bond donors (Lipinski definition) is 0. The highest BCUT2D eigenvalue weighted by Crippen LogP contribution is 2.08. The second-order valence-electron chi connectivity index (χ2n) is 2.30. The molecular weight excluding hydrogens is 148 g/mol. The van der Waals surface area contributed by atoms with Gasteiger partial charge in [0.15, 0.2) is 0 Å². The fourth-order valence-electron chi connectivity index (χ4n) is 0.872. The summed E-state index contributed by atoms with van der Waals surface area (Å²) in [6.07, 6.45) is -0.633. The number of likely N-dealkylation sites (N-methyl/N-ethyl adjacent to an activating group) is 1. The van der Waals surface area contributed by atoms with Crippen molar-refractivity contribution in [2.24, 2.45) is 5.11 Å². The fraction of sp³-hybridized carbons (Fsp3) is 0.800. The summed E-state index contributed by atoms with van der Waals surface area (Å²) in [7, 11) is 1.64. The van der Waals surface area contributed by atoms with Crippen LogP contribution in [0.4, 0.5) is 4.79 Å². The molecule has 0 aromatic heterocycles. The van der Waals surface area contributed by atoms with Crippen molar-refractivity contribution in [3.63, 3.8) is 0 Å². The van der Waals surface area contributed by atoms with Crippen molar-refractivity contribution >= 4 is 6.09 Å². The van der Waals surface area contributed by atoms with Crippen LogP contribution in [-0.4, -0.2) is 37.2 Å². The molecule has 1 aliphatic rings. The van der Waals surface area contributed by atoms with E-state index in [0.717, 1.165) is 0 Å². The molecular formula is C5H8N4O2. The first kappa shape index (κ1) is 7.68. The normalized spacial score (nSPS) is 22.8. The molecule has 1 aliphatic heterocycles. The van der Waals surface area contributed by atoms with Gasteiger partial charge in [0.2, 0.25) is 0 Å². The van der Waals surface area contributed by atoms with E-state index in [2.05, 4.69) is 10.0 Å². The van der Waals surface area contributed by atoms with Gasteiger partial charge in [0.25, 0.3) is 0 Å². The lowest BCUT2D eigenvalue weighted by Crippen LogP contribution is -2.20. The average Bonchev–Trinajstić information content (AvgIpc) is 2.28. The second-order valence-corrected chi connectivity index (χ2v) is 2.30. The van der Waals surface area contributed by atoms with Crippen LogP contribution in [0.25, 0.3) is 10.4 Å². The molecule has 0 radical (unpaired) electrons. The Balaban J connectivity index is 2.40. The van der Waals surface area contributed by atoms with E-state index >= 15 is 0 Å². The SMILES string of the molecule is CN1CC(CN=[N+]=[N-])OC1=O. The number of nitrogens with zero attached hydrogens (tertiary/aromatic N) is 4. The van der Waals surface area contributed by atoms with Gasteiger partial charge in [0, 0.05) is 12.0 Å². The third-order valence-corrected chi connectivity index (χ3v) is 1.41. The molecule has 1 atom stereocenters. The van der Waals surface area contributed by atoms with Crippen molar-refractivity contribution in [3.8, 4) is 0 Å². The van der Waals surface area contributed by atoms with Crippen molar-refractivity contribution in [1.29, 1.82) is 0 Å². The summed E-state index contributed by atoms with van der Waals surface area (Å²) >= 11 is 0. The molecule has 0 aromatic carbocycles. The van der Waals surface area contributed by atoms with E-state index in [1.54, 1.807) is 7.05 Å². The number of hydrogen-bond acceptors (Lipinski definition) is 3. The van der Waals surface area contributed by atoms with Gasteiger partial charge in [-0.1, -0.05) is 5.11 Å². The Morgan fingerprint density at radius 1 is 2.00 bits per heavy atom. The van der Waals surface area contributed by atoms with Gasteiger partial charge in [-0.2, -0.15) is 0 Å². The molecule has 0 saturated carbocycles.